The number of allylic oxidation sites excluding steroid dienone is 4. The van der Waals surface area contributed by atoms with Crippen molar-refractivity contribution in [3.8, 4) is 0 Å². The Balaban J connectivity index is 0.00000294. The monoisotopic (exact) mass is 673 g/mol. The Morgan fingerprint density at radius 1 is 0.548 bits per heavy atom. The van der Waals surface area contributed by atoms with E-state index in [0.29, 0.717) is 0 Å². The fraction of sp³-hybridized carbons (Fsp3) is 0.405. The minimum absolute atomic E-state index is 0. The summed E-state index contributed by atoms with van der Waals surface area (Å²) < 4.78 is 1.73. The van der Waals surface area contributed by atoms with Crippen LogP contribution in [0, 0.1) is 0 Å². The van der Waals surface area contributed by atoms with Gasteiger partial charge < -0.3 is 37.2 Å². The molecule has 0 atom stereocenters. The van der Waals surface area contributed by atoms with E-state index >= 15 is 0 Å². The van der Waals surface area contributed by atoms with Crippen molar-refractivity contribution in [2.24, 2.45) is 0 Å². The average Bonchev–Trinajstić information content (AvgIpc) is 3.45. The third-order valence-electron chi connectivity index (χ3n) is 8.32. The molecule has 0 amide bonds. The van der Waals surface area contributed by atoms with Crippen LogP contribution in [0.4, 0.5) is 0 Å². The Hall–Kier alpha value is -1.06. The Bertz CT molecular complexity index is 1110. The summed E-state index contributed by atoms with van der Waals surface area (Å²) in [5, 5.41) is 4.82. The van der Waals surface area contributed by atoms with Crippen LogP contribution in [0.15, 0.2) is 94.4 Å². The van der Waals surface area contributed by atoms with E-state index in [1.165, 1.54) is 80.1 Å². The second kappa shape index (κ2) is 20.1. The van der Waals surface area contributed by atoms with Crippen LogP contribution in [0.3, 0.4) is 0 Å². The molecular formula is C37H48Cl3SiTi. The molecule has 0 aliphatic heterocycles. The molecule has 225 valence electrons. The Morgan fingerprint density at radius 2 is 0.905 bits per heavy atom. The van der Waals surface area contributed by atoms with Crippen LogP contribution in [-0.4, -0.2) is 5.94 Å². The summed E-state index contributed by atoms with van der Waals surface area (Å²) in [4.78, 5) is 0. The van der Waals surface area contributed by atoms with Gasteiger partial charge in [-0.05, 0) is 0 Å². The van der Waals surface area contributed by atoms with Crippen molar-refractivity contribution < 1.29 is 55.6 Å². The molecule has 1 aliphatic rings. The normalized spacial score (nSPS) is 12.3. The molecular weight excluding hydrogens is 627 g/mol. The first kappa shape index (κ1) is 39.0. The van der Waals surface area contributed by atoms with Crippen LogP contribution < -0.4 is 52.8 Å². The van der Waals surface area contributed by atoms with Gasteiger partial charge in [0.05, 0.1) is 0 Å². The van der Waals surface area contributed by atoms with Gasteiger partial charge in [-0.15, -0.1) is 0 Å². The van der Waals surface area contributed by atoms with E-state index in [-0.39, 0.29) is 37.2 Å². The predicted molar refractivity (Wildman–Crippen MR) is 171 cm³/mol. The predicted octanol–water partition coefficient (Wildman–Crippen LogP) is -0.600. The van der Waals surface area contributed by atoms with E-state index in [1.807, 2.05) is 0 Å². The molecule has 0 heterocycles. The maximum atomic E-state index is 2.57. The fourth-order valence-electron chi connectivity index (χ4n) is 5.78. The van der Waals surface area contributed by atoms with Crippen LogP contribution in [-0.2, 0) is 37.7 Å². The minimum atomic E-state index is -2.17. The molecule has 0 fully saturated rings. The average molecular weight is 675 g/mol. The molecule has 0 N–H and O–H groups in total. The molecule has 3 aromatic carbocycles. The van der Waals surface area contributed by atoms with Crippen molar-refractivity contribution in [1.29, 1.82) is 0 Å². The van der Waals surface area contributed by atoms with E-state index in [4.69, 9.17) is 0 Å². The minimum Gasteiger partial charge on any atom is -1.00 e. The summed E-state index contributed by atoms with van der Waals surface area (Å²) in [6.07, 6.45) is 18.5. The molecule has 0 saturated heterocycles. The number of unbranched alkanes of at least 4 members (excludes halogenated alkanes) is 3. The van der Waals surface area contributed by atoms with Crippen molar-refractivity contribution in [2.75, 3.05) is 0 Å². The Morgan fingerprint density at radius 3 is 1.19 bits per heavy atom. The van der Waals surface area contributed by atoms with E-state index in [0.717, 1.165) is 12.8 Å². The van der Waals surface area contributed by atoms with Crippen LogP contribution >= 0.6 is 0 Å². The van der Waals surface area contributed by atoms with Crippen LogP contribution in [0.2, 0.25) is 0 Å². The van der Waals surface area contributed by atoms with Gasteiger partial charge in [-0.25, -0.2) is 0 Å². The van der Waals surface area contributed by atoms with Crippen LogP contribution in [0.25, 0.3) is 0 Å². The summed E-state index contributed by atoms with van der Waals surface area (Å²) in [6.45, 7) is 9.17. The number of hydrogen-bond donors (Lipinski definition) is 0. The van der Waals surface area contributed by atoms with Gasteiger partial charge in [0.1, 0.15) is 0 Å². The molecule has 0 radical (unpaired) electrons. The first-order chi connectivity index (χ1) is 19.1. The molecule has 0 bridgehead atoms. The topological polar surface area (TPSA) is 0 Å². The standard InChI is InChI=1S/C30H39Si.C7H9.3ClH.Ti/c1-4-7-10-25-13-19-28(20-14-25)31(29-21-15-26(16-22-29)11-8-5-2)30-23-17-27(18-24-30)12-9-6-3;1-2-7-5-3-4-6-7;;;;/h13-24H,4-12H2,1-3H3;5-6H,2-3H2,1H3;3*1H;/q;;;;;+3/p-3. The quantitative estimate of drug-likeness (QED) is 0.149. The van der Waals surface area contributed by atoms with Crippen LogP contribution in [0.5, 0.6) is 0 Å². The summed E-state index contributed by atoms with van der Waals surface area (Å²) in [7, 11) is 0. The number of aryl methyl sites for hydroxylation is 3. The molecule has 1 aliphatic carbocycles. The van der Waals surface area contributed by atoms with Gasteiger partial charge in [-0.1, -0.05) is 0 Å². The summed E-state index contributed by atoms with van der Waals surface area (Å²) in [5.74, 6) is -2.17. The first-order valence-electron chi connectivity index (χ1n) is 15.6. The summed E-state index contributed by atoms with van der Waals surface area (Å²) in [5.41, 5.74) is 6.01. The third kappa shape index (κ3) is 9.98. The smallest absolute Gasteiger partial charge is 1.00 e. The van der Waals surface area contributed by atoms with Crippen molar-refractivity contribution in [1.82, 2.24) is 0 Å². The van der Waals surface area contributed by atoms with E-state index in [9.17, 15) is 0 Å². The second-order valence-electron chi connectivity index (χ2n) is 11.3. The Labute approximate surface area is 284 Å². The molecule has 5 heteroatoms. The van der Waals surface area contributed by atoms with Crippen molar-refractivity contribution in [3.63, 3.8) is 0 Å². The second-order valence-corrected chi connectivity index (χ2v) is 20.5. The van der Waals surface area contributed by atoms with Crippen molar-refractivity contribution >= 4 is 21.5 Å². The van der Waals surface area contributed by atoms with Crippen LogP contribution in [0.1, 0.15) is 95.8 Å². The van der Waals surface area contributed by atoms with Crippen molar-refractivity contribution in [2.45, 2.75) is 98.3 Å². The number of halogens is 3. The molecule has 4 rings (SSSR count). The van der Waals surface area contributed by atoms with Gasteiger partial charge in [0.25, 0.3) is 0 Å². The zero-order chi connectivity index (χ0) is 27.5. The summed E-state index contributed by atoms with van der Waals surface area (Å²) in [6, 6.07) is 29.9. The number of hydrogen-bond acceptors (Lipinski definition) is 0. The molecule has 0 unspecified atom stereocenters. The van der Waals surface area contributed by atoms with Gasteiger partial charge in [0.15, 0.2) is 0 Å². The molecule has 42 heavy (non-hydrogen) atoms. The molecule has 0 nitrogen and oxygen atoms in total. The molecule has 0 saturated carbocycles. The van der Waals surface area contributed by atoms with Gasteiger partial charge in [0, 0.05) is 0 Å². The maximum absolute atomic E-state index is 2.57. The van der Waals surface area contributed by atoms with Gasteiger partial charge in [-0.3, -0.25) is 0 Å². The molecule has 3 aromatic rings. The molecule has 0 aromatic heterocycles. The zero-order valence-electron chi connectivity index (χ0n) is 26.0. The molecule has 0 spiro atoms. The largest absolute Gasteiger partial charge is 1.00 e. The first-order valence-corrected chi connectivity index (χ1v) is 20.7. The fourth-order valence-corrected chi connectivity index (χ4v) is 17.8. The third-order valence-corrected chi connectivity index (χ3v) is 20.5. The number of rotatable bonds is 15. The zero-order valence-corrected chi connectivity index (χ0v) is 30.8. The van der Waals surface area contributed by atoms with Crippen molar-refractivity contribution in [3.05, 3.63) is 111 Å². The summed E-state index contributed by atoms with van der Waals surface area (Å²) >= 11 is -0.404. The SMILES string of the molecule is CCCCc1ccc([Si]([Ti+3][C]2=CC(CC)=CC2)(c2ccc(CCCC)cc2)c2ccc(CCCC)cc2)cc1.[Cl-].[Cl-].[Cl-]. The van der Waals surface area contributed by atoms with Gasteiger partial charge >= 0.3 is 249 Å². The van der Waals surface area contributed by atoms with E-state index in [2.05, 4.69) is 113 Å². The Kier molecular flexibility index (Phi) is 18.6. The number of benzene rings is 3. The van der Waals surface area contributed by atoms with E-state index in [1.54, 1.807) is 19.4 Å². The van der Waals surface area contributed by atoms with Gasteiger partial charge in [0.2, 0.25) is 0 Å². The van der Waals surface area contributed by atoms with Gasteiger partial charge in [-0.2, -0.15) is 0 Å². The maximum Gasteiger partial charge on any atom is -1.00 e. The van der Waals surface area contributed by atoms with E-state index < -0.39 is 24.3 Å².